The first kappa shape index (κ1) is 22.0. The number of nitrogens with zero attached hydrogens (tertiary/aromatic N) is 5. The quantitative estimate of drug-likeness (QED) is 0.200. The van der Waals surface area contributed by atoms with E-state index < -0.39 is 0 Å². The fourth-order valence-corrected chi connectivity index (χ4v) is 3.13. The molecule has 31 heavy (non-hydrogen) atoms. The second-order valence-corrected chi connectivity index (χ2v) is 7.54. The third-order valence-electron chi connectivity index (χ3n) is 4.16. The molecular weight excluding hydrogens is 416 g/mol. The first-order valence-corrected chi connectivity index (χ1v) is 10.3. The molecule has 0 aliphatic rings. The van der Waals surface area contributed by atoms with Crippen molar-refractivity contribution in [1.82, 2.24) is 14.9 Å². The van der Waals surface area contributed by atoms with Crippen molar-refractivity contribution in [3.8, 4) is 5.75 Å². The second-order valence-electron chi connectivity index (χ2n) is 6.60. The Kier molecular flexibility index (Phi) is 7.33. The molecule has 4 N–H and O–H groups in total. The zero-order valence-corrected chi connectivity index (χ0v) is 18.3. The number of amides is 1. The number of methoxy groups -OCH3 is 1. The minimum atomic E-state index is -0.188. The van der Waals surface area contributed by atoms with Crippen LogP contribution in [-0.4, -0.2) is 54.0 Å². The summed E-state index contributed by atoms with van der Waals surface area (Å²) in [5, 5.41) is 15.3. The van der Waals surface area contributed by atoms with Crippen LogP contribution < -0.4 is 26.2 Å². The highest BCUT2D eigenvalue weighted by atomic mass is 32.2. The Morgan fingerprint density at radius 2 is 1.90 bits per heavy atom. The van der Waals surface area contributed by atoms with Crippen molar-refractivity contribution in [2.45, 2.75) is 5.16 Å². The summed E-state index contributed by atoms with van der Waals surface area (Å²) < 4.78 is 6.34. The highest BCUT2D eigenvalue weighted by molar-refractivity contribution is 7.99. The summed E-state index contributed by atoms with van der Waals surface area (Å²) in [4.78, 5) is 14.2. The van der Waals surface area contributed by atoms with Gasteiger partial charge in [-0.2, -0.15) is 5.10 Å². The molecule has 1 aromatic heterocycles. The van der Waals surface area contributed by atoms with E-state index in [0.29, 0.717) is 10.8 Å². The number of hydrazone groups is 1. The van der Waals surface area contributed by atoms with Gasteiger partial charge >= 0.3 is 0 Å². The van der Waals surface area contributed by atoms with Crippen LogP contribution in [0.4, 0.5) is 17.3 Å². The number of nitrogens with one attached hydrogen (secondary N) is 2. The van der Waals surface area contributed by atoms with Gasteiger partial charge in [-0.05, 0) is 42.0 Å². The fraction of sp³-hybridized carbons (Fsp3) is 0.200. The first-order chi connectivity index (χ1) is 15.0. The third-order valence-corrected chi connectivity index (χ3v) is 5.10. The number of ether oxygens (including phenoxy) is 1. The van der Waals surface area contributed by atoms with E-state index in [2.05, 4.69) is 26.0 Å². The topological polar surface area (TPSA) is 123 Å². The average molecular weight is 441 g/mol. The van der Waals surface area contributed by atoms with Crippen molar-refractivity contribution in [2.24, 2.45) is 5.10 Å². The Morgan fingerprint density at radius 1 is 1.19 bits per heavy atom. The van der Waals surface area contributed by atoms with Crippen LogP contribution in [0.15, 0.2) is 58.8 Å². The third kappa shape index (κ3) is 6.12. The zero-order valence-electron chi connectivity index (χ0n) is 17.4. The largest absolute Gasteiger partial charge is 0.497 e. The van der Waals surface area contributed by atoms with Gasteiger partial charge in [0.2, 0.25) is 11.1 Å². The van der Waals surface area contributed by atoms with E-state index in [0.717, 1.165) is 17.0 Å². The van der Waals surface area contributed by atoms with Crippen molar-refractivity contribution < 1.29 is 9.53 Å². The summed E-state index contributed by atoms with van der Waals surface area (Å²) in [6.45, 7) is 0. The lowest BCUT2D eigenvalue weighted by molar-refractivity contribution is -0.113. The first-order valence-electron chi connectivity index (χ1n) is 9.30. The predicted molar refractivity (Wildman–Crippen MR) is 125 cm³/mol. The van der Waals surface area contributed by atoms with Crippen LogP contribution in [0.25, 0.3) is 0 Å². The molecule has 3 rings (SSSR count). The lowest BCUT2D eigenvalue weighted by Gasteiger charge is -2.11. The number of carbonyl (C=O) groups excluding carboxylic acids is 1. The summed E-state index contributed by atoms with van der Waals surface area (Å²) in [6.07, 6.45) is 1.66. The molecule has 0 aliphatic heterocycles. The summed E-state index contributed by atoms with van der Waals surface area (Å²) in [5.74, 6) is 6.91. The smallest absolute Gasteiger partial charge is 0.264 e. The van der Waals surface area contributed by atoms with E-state index in [1.54, 1.807) is 37.6 Å². The molecule has 0 atom stereocenters. The molecule has 0 bridgehead atoms. The number of hydrogen-bond acceptors (Lipinski definition) is 9. The molecular formula is C20H24N8O2S. The molecule has 0 aliphatic carbocycles. The van der Waals surface area contributed by atoms with Crippen molar-refractivity contribution in [2.75, 3.05) is 48.4 Å². The van der Waals surface area contributed by atoms with Crippen LogP contribution in [0.5, 0.6) is 5.75 Å². The SMILES string of the molecule is COc1ccc(NC(=O)CSc2nnc(N/N=C/c3ccc(N(C)C)cc3)n2N)cc1. The second kappa shape index (κ2) is 10.3. The minimum absolute atomic E-state index is 0.128. The zero-order chi connectivity index (χ0) is 22.2. The number of nitrogen functional groups attached to an aromatic ring is 1. The van der Waals surface area contributed by atoms with E-state index in [9.17, 15) is 4.79 Å². The number of anilines is 3. The van der Waals surface area contributed by atoms with Crippen molar-refractivity contribution >= 4 is 41.2 Å². The Morgan fingerprint density at radius 3 is 2.55 bits per heavy atom. The highest BCUT2D eigenvalue weighted by Gasteiger charge is 2.12. The Bertz CT molecular complexity index is 1030. The van der Waals surface area contributed by atoms with Gasteiger partial charge in [-0.15, -0.1) is 10.2 Å². The minimum Gasteiger partial charge on any atom is -0.497 e. The normalized spacial score (nSPS) is 10.8. The number of nitrogens with two attached hydrogens (primary N) is 1. The number of rotatable bonds is 9. The molecule has 11 heteroatoms. The van der Waals surface area contributed by atoms with E-state index in [4.69, 9.17) is 10.6 Å². The van der Waals surface area contributed by atoms with Crippen LogP contribution in [0, 0.1) is 0 Å². The molecule has 0 radical (unpaired) electrons. The van der Waals surface area contributed by atoms with Crippen molar-refractivity contribution in [1.29, 1.82) is 0 Å². The van der Waals surface area contributed by atoms with Gasteiger partial charge in [0, 0.05) is 25.5 Å². The Labute approximate surface area is 184 Å². The molecule has 10 nitrogen and oxygen atoms in total. The molecule has 0 saturated heterocycles. The van der Waals surface area contributed by atoms with Gasteiger partial charge in [-0.1, -0.05) is 23.9 Å². The monoisotopic (exact) mass is 440 g/mol. The van der Waals surface area contributed by atoms with E-state index in [1.165, 1.54) is 16.4 Å². The summed E-state index contributed by atoms with van der Waals surface area (Å²) in [5.41, 5.74) is 5.46. The van der Waals surface area contributed by atoms with Crippen LogP contribution in [0.2, 0.25) is 0 Å². The molecule has 2 aromatic carbocycles. The maximum Gasteiger partial charge on any atom is 0.264 e. The van der Waals surface area contributed by atoms with Crippen LogP contribution >= 0.6 is 11.8 Å². The van der Waals surface area contributed by atoms with Crippen molar-refractivity contribution in [3.05, 3.63) is 54.1 Å². The fourth-order valence-electron chi connectivity index (χ4n) is 2.48. The van der Waals surface area contributed by atoms with Gasteiger partial charge in [0.05, 0.1) is 19.1 Å². The summed E-state index contributed by atoms with van der Waals surface area (Å²) >= 11 is 1.17. The maximum absolute atomic E-state index is 12.1. The molecule has 3 aromatic rings. The predicted octanol–water partition coefficient (Wildman–Crippen LogP) is 2.24. The lowest BCUT2D eigenvalue weighted by Crippen LogP contribution is -2.16. The molecule has 1 heterocycles. The number of benzene rings is 2. The van der Waals surface area contributed by atoms with E-state index in [1.807, 2.05) is 43.3 Å². The summed E-state index contributed by atoms with van der Waals surface area (Å²) in [6, 6.07) is 15.0. The molecule has 0 spiro atoms. The number of aromatic nitrogens is 3. The number of hydrogen-bond donors (Lipinski definition) is 3. The lowest BCUT2D eigenvalue weighted by atomic mass is 10.2. The van der Waals surface area contributed by atoms with Gasteiger partial charge in [0.15, 0.2) is 0 Å². The molecule has 1 amide bonds. The van der Waals surface area contributed by atoms with E-state index in [-0.39, 0.29) is 17.6 Å². The van der Waals surface area contributed by atoms with Crippen molar-refractivity contribution in [3.63, 3.8) is 0 Å². The molecule has 0 saturated carbocycles. The van der Waals surface area contributed by atoms with Crippen LogP contribution in [-0.2, 0) is 4.79 Å². The standard InChI is InChI=1S/C20H24N8O2S/c1-27(2)16-8-4-14(5-9-16)12-22-24-19-25-26-20(28(19)21)31-13-18(29)23-15-6-10-17(30-3)11-7-15/h4-12H,13,21H2,1-3H3,(H,23,29)(H,24,25)/b22-12+. The number of thioether (sulfide) groups is 1. The van der Waals surface area contributed by atoms with Gasteiger partial charge in [-0.25, -0.2) is 10.1 Å². The summed E-state index contributed by atoms with van der Waals surface area (Å²) in [7, 11) is 5.55. The van der Waals surface area contributed by atoms with Crippen LogP contribution in [0.1, 0.15) is 5.56 Å². The Balaban J connectivity index is 1.50. The van der Waals surface area contributed by atoms with Gasteiger partial charge in [-0.3, -0.25) is 4.79 Å². The van der Waals surface area contributed by atoms with Gasteiger partial charge in [0.1, 0.15) is 5.75 Å². The van der Waals surface area contributed by atoms with Gasteiger partial charge in [0.25, 0.3) is 5.95 Å². The maximum atomic E-state index is 12.1. The number of carbonyl (C=O) groups is 1. The van der Waals surface area contributed by atoms with E-state index >= 15 is 0 Å². The Hall–Kier alpha value is -3.73. The molecule has 0 fully saturated rings. The average Bonchev–Trinajstić information content (AvgIpc) is 3.12. The highest BCUT2D eigenvalue weighted by Crippen LogP contribution is 2.19. The van der Waals surface area contributed by atoms with Crippen LogP contribution in [0.3, 0.4) is 0 Å². The molecule has 0 unspecified atom stereocenters. The van der Waals surface area contributed by atoms with Gasteiger partial charge < -0.3 is 20.8 Å². The molecule has 162 valence electrons.